The highest BCUT2D eigenvalue weighted by atomic mass is 16.5. The van der Waals surface area contributed by atoms with Crippen LogP contribution in [0.15, 0.2) is 6.33 Å². The first kappa shape index (κ1) is 16.0. The molecule has 1 N–H and O–H groups in total. The summed E-state index contributed by atoms with van der Waals surface area (Å²) in [7, 11) is 0. The van der Waals surface area contributed by atoms with E-state index >= 15 is 0 Å². The average molecular weight is 292 g/mol. The third-order valence-electron chi connectivity index (χ3n) is 3.72. The monoisotopic (exact) mass is 292 g/mol. The number of ether oxygens (including phenoxy) is 1. The fourth-order valence-electron chi connectivity index (χ4n) is 2.74. The molecule has 1 fully saturated rings. The van der Waals surface area contributed by atoms with Gasteiger partial charge in [0.25, 0.3) is 0 Å². The number of aromatic nitrogens is 2. The first-order valence-corrected chi connectivity index (χ1v) is 8.20. The van der Waals surface area contributed by atoms with Crippen LogP contribution in [0.25, 0.3) is 0 Å². The van der Waals surface area contributed by atoms with Gasteiger partial charge in [0, 0.05) is 31.8 Å². The maximum Gasteiger partial charge on any atom is 0.137 e. The molecule has 0 amide bonds. The second-order valence-corrected chi connectivity index (χ2v) is 5.68. The first-order valence-electron chi connectivity index (χ1n) is 8.20. The molecule has 0 spiro atoms. The molecule has 1 aromatic heterocycles. The first-order chi connectivity index (χ1) is 10.3. The van der Waals surface area contributed by atoms with Gasteiger partial charge >= 0.3 is 0 Å². The lowest BCUT2D eigenvalue weighted by molar-refractivity contribution is 0.0820. The Morgan fingerprint density at radius 1 is 1.33 bits per heavy atom. The molecular weight excluding hydrogens is 264 g/mol. The summed E-state index contributed by atoms with van der Waals surface area (Å²) in [5.74, 6) is 2.09. The second-order valence-electron chi connectivity index (χ2n) is 5.68. The van der Waals surface area contributed by atoms with Gasteiger partial charge < -0.3 is 15.0 Å². The molecule has 0 aromatic carbocycles. The topological polar surface area (TPSA) is 50.3 Å². The minimum Gasteiger partial charge on any atom is -0.377 e. The molecule has 0 bridgehead atoms. The maximum atomic E-state index is 5.75. The smallest absolute Gasteiger partial charge is 0.137 e. The lowest BCUT2D eigenvalue weighted by Crippen LogP contribution is -2.32. The van der Waals surface area contributed by atoms with Crippen molar-refractivity contribution in [3.8, 4) is 0 Å². The Hall–Kier alpha value is -1.36. The van der Waals surface area contributed by atoms with Crippen molar-refractivity contribution >= 4 is 11.6 Å². The largest absolute Gasteiger partial charge is 0.377 e. The van der Waals surface area contributed by atoms with Gasteiger partial charge in [-0.1, -0.05) is 20.3 Å². The minimum atomic E-state index is 0.254. The molecule has 2 rings (SSSR count). The van der Waals surface area contributed by atoms with Gasteiger partial charge in [-0.15, -0.1) is 0 Å². The summed E-state index contributed by atoms with van der Waals surface area (Å²) in [4.78, 5) is 11.4. The van der Waals surface area contributed by atoms with Crippen LogP contribution in [-0.4, -0.2) is 42.3 Å². The Morgan fingerprint density at radius 3 is 2.95 bits per heavy atom. The van der Waals surface area contributed by atoms with E-state index in [0.717, 1.165) is 63.6 Å². The van der Waals surface area contributed by atoms with Crippen molar-refractivity contribution in [3.05, 3.63) is 11.9 Å². The summed E-state index contributed by atoms with van der Waals surface area (Å²) in [5.41, 5.74) is 1.25. The van der Waals surface area contributed by atoms with Crippen molar-refractivity contribution in [3.63, 3.8) is 0 Å². The van der Waals surface area contributed by atoms with Crippen molar-refractivity contribution in [2.75, 3.05) is 36.5 Å². The highest BCUT2D eigenvalue weighted by Crippen LogP contribution is 2.26. The highest BCUT2D eigenvalue weighted by Gasteiger charge is 2.20. The van der Waals surface area contributed by atoms with Gasteiger partial charge in [0.15, 0.2) is 0 Å². The molecule has 118 valence electrons. The summed E-state index contributed by atoms with van der Waals surface area (Å²) < 4.78 is 5.75. The van der Waals surface area contributed by atoms with Gasteiger partial charge in [-0.05, 0) is 26.2 Å². The SMILES string of the molecule is CCCNc1ncnc(N2CCCOC(C)C2)c1CCC. The van der Waals surface area contributed by atoms with Gasteiger partial charge in [-0.25, -0.2) is 9.97 Å². The van der Waals surface area contributed by atoms with E-state index in [0.29, 0.717) is 0 Å². The van der Waals surface area contributed by atoms with Crippen LogP contribution < -0.4 is 10.2 Å². The van der Waals surface area contributed by atoms with E-state index in [2.05, 4.69) is 41.0 Å². The van der Waals surface area contributed by atoms with E-state index in [1.165, 1.54) is 5.56 Å². The van der Waals surface area contributed by atoms with Crippen LogP contribution in [0, 0.1) is 0 Å². The quantitative estimate of drug-likeness (QED) is 0.873. The predicted molar refractivity (Wildman–Crippen MR) is 87.1 cm³/mol. The molecule has 0 aliphatic carbocycles. The average Bonchev–Trinajstić information content (AvgIpc) is 2.71. The van der Waals surface area contributed by atoms with E-state index < -0.39 is 0 Å². The number of nitrogens with one attached hydrogen (secondary N) is 1. The van der Waals surface area contributed by atoms with Crippen LogP contribution in [-0.2, 0) is 11.2 Å². The Kier molecular flexibility index (Phi) is 6.23. The van der Waals surface area contributed by atoms with Crippen LogP contribution in [0.5, 0.6) is 0 Å². The zero-order chi connectivity index (χ0) is 15.1. The summed E-state index contributed by atoms with van der Waals surface area (Å²) >= 11 is 0. The molecule has 0 radical (unpaired) electrons. The minimum absolute atomic E-state index is 0.254. The van der Waals surface area contributed by atoms with E-state index in [4.69, 9.17) is 4.74 Å². The molecule has 5 heteroatoms. The van der Waals surface area contributed by atoms with E-state index in [9.17, 15) is 0 Å². The fourth-order valence-corrected chi connectivity index (χ4v) is 2.74. The van der Waals surface area contributed by atoms with Crippen molar-refractivity contribution < 1.29 is 4.74 Å². The van der Waals surface area contributed by atoms with Crippen LogP contribution in [0.4, 0.5) is 11.6 Å². The number of nitrogens with zero attached hydrogens (tertiary/aromatic N) is 3. The molecular formula is C16H28N4O. The van der Waals surface area contributed by atoms with Crippen LogP contribution >= 0.6 is 0 Å². The van der Waals surface area contributed by atoms with Crippen molar-refractivity contribution in [1.82, 2.24) is 9.97 Å². The Balaban J connectivity index is 2.27. The lowest BCUT2D eigenvalue weighted by atomic mass is 10.1. The van der Waals surface area contributed by atoms with E-state index in [1.54, 1.807) is 6.33 Å². The molecule has 1 aromatic rings. The third kappa shape index (κ3) is 4.30. The summed E-state index contributed by atoms with van der Waals surface area (Å²) in [6, 6.07) is 0. The molecule has 5 nitrogen and oxygen atoms in total. The van der Waals surface area contributed by atoms with Crippen molar-refractivity contribution in [1.29, 1.82) is 0 Å². The molecule has 1 aliphatic heterocycles. The number of rotatable bonds is 6. The molecule has 1 aliphatic rings. The van der Waals surface area contributed by atoms with Gasteiger partial charge in [0.05, 0.1) is 6.10 Å². The van der Waals surface area contributed by atoms with Crippen LogP contribution in [0.3, 0.4) is 0 Å². The maximum absolute atomic E-state index is 5.75. The molecule has 0 saturated carbocycles. The zero-order valence-electron chi connectivity index (χ0n) is 13.6. The van der Waals surface area contributed by atoms with Gasteiger partial charge in [0.1, 0.15) is 18.0 Å². The predicted octanol–water partition coefficient (Wildman–Crippen LogP) is 2.87. The summed E-state index contributed by atoms with van der Waals surface area (Å²) in [6.07, 6.45) is 6.19. The fraction of sp³-hybridized carbons (Fsp3) is 0.750. The third-order valence-corrected chi connectivity index (χ3v) is 3.72. The van der Waals surface area contributed by atoms with Crippen molar-refractivity contribution in [2.45, 2.75) is 52.6 Å². The lowest BCUT2D eigenvalue weighted by Gasteiger charge is -2.26. The molecule has 1 atom stereocenters. The Labute approximate surface area is 128 Å². The highest BCUT2D eigenvalue weighted by molar-refractivity contribution is 5.59. The van der Waals surface area contributed by atoms with Gasteiger partial charge in [0.2, 0.25) is 0 Å². The number of hydrogen-bond donors (Lipinski definition) is 1. The standard InChI is InChI=1S/C16H28N4O/c1-4-7-14-15(17-8-5-2)18-12-19-16(14)20-9-6-10-21-13(3)11-20/h12-13H,4-11H2,1-3H3,(H,17,18,19). The number of hydrogen-bond acceptors (Lipinski definition) is 5. The van der Waals surface area contributed by atoms with Crippen LogP contribution in [0.1, 0.15) is 45.6 Å². The number of anilines is 2. The zero-order valence-corrected chi connectivity index (χ0v) is 13.6. The molecule has 2 heterocycles. The molecule has 1 unspecified atom stereocenters. The van der Waals surface area contributed by atoms with Gasteiger partial charge in [-0.2, -0.15) is 0 Å². The molecule has 1 saturated heterocycles. The van der Waals surface area contributed by atoms with E-state index in [1.807, 2.05) is 0 Å². The van der Waals surface area contributed by atoms with Gasteiger partial charge in [-0.3, -0.25) is 0 Å². The van der Waals surface area contributed by atoms with Crippen molar-refractivity contribution in [2.24, 2.45) is 0 Å². The summed E-state index contributed by atoms with van der Waals surface area (Å²) in [6.45, 7) is 10.2. The Morgan fingerprint density at radius 2 is 2.19 bits per heavy atom. The van der Waals surface area contributed by atoms with Crippen LogP contribution in [0.2, 0.25) is 0 Å². The molecule has 21 heavy (non-hydrogen) atoms. The summed E-state index contributed by atoms with van der Waals surface area (Å²) in [5, 5.41) is 3.45. The Bertz CT molecular complexity index is 438. The second kappa shape index (κ2) is 8.17. The van der Waals surface area contributed by atoms with E-state index in [-0.39, 0.29) is 6.10 Å². The normalized spacial score (nSPS) is 19.4.